The van der Waals surface area contributed by atoms with Gasteiger partial charge < -0.3 is 14.2 Å². The Morgan fingerprint density at radius 1 is 0.946 bits per heavy atom. The van der Waals surface area contributed by atoms with E-state index in [1.165, 1.54) is 24.5 Å². The van der Waals surface area contributed by atoms with E-state index in [9.17, 15) is 14.0 Å². The number of hydrogen-bond donors (Lipinski definition) is 0. The van der Waals surface area contributed by atoms with E-state index < -0.39 is 0 Å². The molecule has 0 aliphatic carbocycles. The van der Waals surface area contributed by atoms with E-state index in [4.69, 9.17) is 14.2 Å². The number of fused-ring (bicyclic) bond motifs is 1. The van der Waals surface area contributed by atoms with Crippen LogP contribution < -0.4 is 14.2 Å². The first-order valence-electron chi connectivity index (χ1n) is 12.1. The number of halogens is 1. The molecule has 37 heavy (non-hydrogen) atoms. The molecule has 0 N–H and O–H groups in total. The molecule has 0 bridgehead atoms. The molecule has 0 aliphatic heterocycles. The minimum absolute atomic E-state index is 0.00529. The van der Waals surface area contributed by atoms with E-state index in [0.717, 1.165) is 6.42 Å². The third-order valence-electron chi connectivity index (χ3n) is 5.78. The average molecular weight is 522 g/mol. The van der Waals surface area contributed by atoms with Crippen molar-refractivity contribution in [3.05, 3.63) is 71.0 Å². The molecule has 0 radical (unpaired) electrons. The highest BCUT2D eigenvalue weighted by Crippen LogP contribution is 2.39. The highest BCUT2D eigenvalue weighted by atomic mass is 32.1. The van der Waals surface area contributed by atoms with Crippen LogP contribution in [0.15, 0.2) is 53.9 Å². The maximum atomic E-state index is 14.3. The van der Waals surface area contributed by atoms with E-state index in [1.54, 1.807) is 36.4 Å². The van der Waals surface area contributed by atoms with Gasteiger partial charge in [0, 0.05) is 34.7 Å². The lowest BCUT2D eigenvalue weighted by molar-refractivity contribution is 0.0915. The maximum absolute atomic E-state index is 14.3. The molecule has 192 valence electrons. The molecule has 8 heteroatoms. The molecule has 2 aromatic carbocycles. The summed E-state index contributed by atoms with van der Waals surface area (Å²) in [4.78, 5) is 30.4. The first-order valence-corrected chi connectivity index (χ1v) is 13.0. The SMILES string of the molecule is CCCOc1ccc(C(=O)CCC(=O)c2ccc(OCC)c(-c3csc4c(F)cccc34)n2)cc1OC. The summed E-state index contributed by atoms with van der Waals surface area (Å²) in [6.07, 6.45) is 0.870. The second kappa shape index (κ2) is 12.0. The molecular formula is C29H28FNO5S. The summed E-state index contributed by atoms with van der Waals surface area (Å²) in [6, 6.07) is 13.2. The molecule has 2 aromatic heterocycles. The Morgan fingerprint density at radius 2 is 1.73 bits per heavy atom. The van der Waals surface area contributed by atoms with Crippen molar-refractivity contribution in [3.63, 3.8) is 0 Å². The maximum Gasteiger partial charge on any atom is 0.181 e. The Bertz CT molecular complexity index is 1430. The Morgan fingerprint density at radius 3 is 2.49 bits per heavy atom. The number of methoxy groups -OCH3 is 1. The van der Waals surface area contributed by atoms with Gasteiger partial charge in [-0.15, -0.1) is 11.3 Å². The van der Waals surface area contributed by atoms with Crippen molar-refractivity contribution in [1.82, 2.24) is 4.98 Å². The predicted octanol–water partition coefficient (Wildman–Crippen LogP) is 7.14. The van der Waals surface area contributed by atoms with Crippen molar-refractivity contribution in [1.29, 1.82) is 0 Å². The Hall–Kier alpha value is -3.78. The Labute approximate surface area is 219 Å². The fraction of sp³-hybridized carbons (Fsp3) is 0.276. The fourth-order valence-corrected chi connectivity index (χ4v) is 4.90. The van der Waals surface area contributed by atoms with Crippen LogP contribution in [-0.4, -0.2) is 36.9 Å². The number of Topliss-reactive ketones (excluding diaryl/α,β-unsaturated/α-hetero) is 2. The lowest BCUT2D eigenvalue weighted by atomic mass is 10.0. The van der Waals surface area contributed by atoms with Crippen LogP contribution in [-0.2, 0) is 0 Å². The molecule has 0 saturated carbocycles. The number of ketones is 2. The van der Waals surface area contributed by atoms with Gasteiger partial charge in [0.25, 0.3) is 0 Å². The smallest absolute Gasteiger partial charge is 0.181 e. The van der Waals surface area contributed by atoms with Crippen LogP contribution in [0.5, 0.6) is 17.2 Å². The summed E-state index contributed by atoms with van der Waals surface area (Å²) in [6.45, 7) is 4.83. The van der Waals surface area contributed by atoms with E-state index >= 15 is 0 Å². The van der Waals surface area contributed by atoms with E-state index in [0.29, 0.717) is 57.4 Å². The topological polar surface area (TPSA) is 74.7 Å². The van der Waals surface area contributed by atoms with Gasteiger partial charge in [-0.1, -0.05) is 19.1 Å². The zero-order valence-electron chi connectivity index (χ0n) is 21.0. The number of benzene rings is 2. The van der Waals surface area contributed by atoms with Crippen LogP contribution in [0, 0.1) is 5.82 Å². The predicted molar refractivity (Wildman–Crippen MR) is 143 cm³/mol. The second-order valence-corrected chi connectivity index (χ2v) is 9.18. The number of aromatic nitrogens is 1. The largest absolute Gasteiger partial charge is 0.493 e. The highest BCUT2D eigenvalue weighted by molar-refractivity contribution is 7.17. The van der Waals surface area contributed by atoms with E-state index in [1.807, 2.05) is 25.3 Å². The lowest BCUT2D eigenvalue weighted by Gasteiger charge is -2.12. The average Bonchev–Trinajstić information content (AvgIpc) is 3.36. The van der Waals surface area contributed by atoms with E-state index in [-0.39, 0.29) is 35.9 Å². The zero-order valence-corrected chi connectivity index (χ0v) is 21.8. The van der Waals surface area contributed by atoms with Gasteiger partial charge >= 0.3 is 0 Å². The van der Waals surface area contributed by atoms with Crippen LogP contribution >= 0.6 is 11.3 Å². The van der Waals surface area contributed by atoms with Crippen LogP contribution in [0.1, 0.15) is 54.0 Å². The quantitative estimate of drug-likeness (QED) is 0.184. The second-order valence-electron chi connectivity index (χ2n) is 8.30. The van der Waals surface area contributed by atoms with Crippen molar-refractivity contribution < 1.29 is 28.2 Å². The van der Waals surface area contributed by atoms with Gasteiger partial charge in [-0.2, -0.15) is 0 Å². The minimum Gasteiger partial charge on any atom is -0.493 e. The zero-order chi connectivity index (χ0) is 26.4. The van der Waals surface area contributed by atoms with Gasteiger partial charge in [-0.3, -0.25) is 9.59 Å². The molecule has 2 heterocycles. The van der Waals surface area contributed by atoms with Crippen LogP contribution in [0.2, 0.25) is 0 Å². The Balaban J connectivity index is 1.54. The number of carbonyl (C=O) groups is 2. The number of nitrogens with zero attached hydrogens (tertiary/aromatic N) is 1. The fourth-order valence-electron chi connectivity index (χ4n) is 3.94. The summed E-state index contributed by atoms with van der Waals surface area (Å²) in [5.74, 6) is 0.805. The standard InChI is InChI=1S/C29H28FNO5S/c1-4-15-36-25-13-9-18(16-27(25)34-3)23(32)11-12-24(33)22-10-14-26(35-5-2)28(31-22)20-17-37-29-19(20)7-6-8-21(29)30/h6-10,13-14,16-17H,4-5,11-12,15H2,1-3H3. The number of ether oxygens (including phenoxy) is 3. The summed E-state index contributed by atoms with van der Waals surface area (Å²) in [5, 5.41) is 2.52. The molecular weight excluding hydrogens is 493 g/mol. The van der Waals surface area contributed by atoms with Crippen molar-refractivity contribution in [2.45, 2.75) is 33.1 Å². The molecule has 0 amide bonds. The van der Waals surface area contributed by atoms with Crippen molar-refractivity contribution >= 4 is 33.0 Å². The first kappa shape index (κ1) is 26.3. The number of pyridine rings is 1. The molecule has 0 fully saturated rings. The van der Waals surface area contributed by atoms with E-state index in [2.05, 4.69) is 4.98 Å². The first-order chi connectivity index (χ1) is 18.0. The molecule has 0 saturated heterocycles. The summed E-state index contributed by atoms with van der Waals surface area (Å²) < 4.78 is 31.5. The van der Waals surface area contributed by atoms with Crippen LogP contribution in [0.25, 0.3) is 21.3 Å². The number of carbonyl (C=O) groups excluding carboxylic acids is 2. The van der Waals surface area contributed by atoms with Gasteiger partial charge in [-0.05, 0) is 49.7 Å². The normalized spacial score (nSPS) is 10.9. The van der Waals surface area contributed by atoms with Crippen LogP contribution in [0.4, 0.5) is 4.39 Å². The van der Waals surface area contributed by atoms with Crippen molar-refractivity contribution in [2.75, 3.05) is 20.3 Å². The summed E-state index contributed by atoms with van der Waals surface area (Å²) in [5.41, 5.74) is 1.85. The number of hydrogen-bond acceptors (Lipinski definition) is 7. The van der Waals surface area contributed by atoms with Gasteiger partial charge in [0.2, 0.25) is 0 Å². The molecule has 4 rings (SSSR count). The highest BCUT2D eigenvalue weighted by Gasteiger charge is 2.19. The number of thiophene rings is 1. The Kier molecular flexibility index (Phi) is 8.50. The molecule has 0 aliphatic rings. The van der Waals surface area contributed by atoms with Gasteiger partial charge in [0.15, 0.2) is 23.1 Å². The molecule has 0 spiro atoms. The molecule has 4 aromatic rings. The number of rotatable bonds is 12. The van der Waals surface area contributed by atoms with Crippen LogP contribution in [0.3, 0.4) is 0 Å². The van der Waals surface area contributed by atoms with Crippen molar-refractivity contribution in [3.8, 4) is 28.5 Å². The third kappa shape index (κ3) is 5.80. The van der Waals surface area contributed by atoms with Gasteiger partial charge in [0.05, 0.1) is 25.0 Å². The van der Waals surface area contributed by atoms with Crippen molar-refractivity contribution in [2.24, 2.45) is 0 Å². The molecule has 0 atom stereocenters. The minimum atomic E-state index is -0.306. The lowest BCUT2D eigenvalue weighted by Crippen LogP contribution is -2.08. The molecule has 6 nitrogen and oxygen atoms in total. The third-order valence-corrected chi connectivity index (χ3v) is 6.78. The summed E-state index contributed by atoms with van der Waals surface area (Å²) in [7, 11) is 1.52. The van der Waals surface area contributed by atoms with Gasteiger partial charge in [-0.25, -0.2) is 9.37 Å². The van der Waals surface area contributed by atoms with Gasteiger partial charge in [0.1, 0.15) is 23.0 Å². The summed E-state index contributed by atoms with van der Waals surface area (Å²) >= 11 is 1.28. The monoisotopic (exact) mass is 521 g/mol. The molecule has 0 unspecified atom stereocenters.